The van der Waals surface area contributed by atoms with Crippen molar-refractivity contribution < 1.29 is 34.8 Å². The largest absolute Gasteiger partial charge is 0.394 e. The molecule has 3 rings (SSSR count). The van der Waals surface area contributed by atoms with Gasteiger partial charge in [0, 0.05) is 17.7 Å². The number of carbonyl (C=O) groups is 2. The lowest BCUT2D eigenvalue weighted by Crippen LogP contribution is -2.61. The predicted octanol–water partition coefficient (Wildman–Crippen LogP) is -1.39. The molecular formula is C17H19NO7. The molecule has 2 aliphatic rings. The van der Waals surface area contributed by atoms with Gasteiger partial charge in [-0.3, -0.25) is 9.59 Å². The lowest BCUT2D eigenvalue weighted by Gasteiger charge is -2.40. The summed E-state index contributed by atoms with van der Waals surface area (Å²) in [4.78, 5) is 22.8. The van der Waals surface area contributed by atoms with Gasteiger partial charge in [0.05, 0.1) is 6.61 Å². The number of aliphatic hydroxyl groups excluding tert-OH is 4. The molecule has 25 heavy (non-hydrogen) atoms. The average Bonchev–Trinajstić information content (AvgIpc) is 2.60. The highest BCUT2D eigenvalue weighted by Gasteiger charge is 2.43. The van der Waals surface area contributed by atoms with Gasteiger partial charge in [-0.1, -0.05) is 6.07 Å². The van der Waals surface area contributed by atoms with Crippen LogP contribution in [0.15, 0.2) is 24.3 Å². The van der Waals surface area contributed by atoms with Gasteiger partial charge in [0.1, 0.15) is 24.4 Å². The summed E-state index contributed by atoms with van der Waals surface area (Å²) in [5, 5.41) is 42.0. The first-order chi connectivity index (χ1) is 11.9. The molecule has 8 heteroatoms. The van der Waals surface area contributed by atoms with E-state index < -0.39 is 37.3 Å². The number of aldehydes is 1. The first kappa shape index (κ1) is 17.7. The third-order valence-electron chi connectivity index (χ3n) is 4.46. The number of hydrogen-bond acceptors (Lipinski definition) is 8. The number of aliphatic hydroxyl groups is 4. The van der Waals surface area contributed by atoms with Gasteiger partial charge in [0.2, 0.25) is 0 Å². The van der Waals surface area contributed by atoms with Gasteiger partial charge < -0.3 is 30.5 Å². The monoisotopic (exact) mass is 349 g/mol. The van der Waals surface area contributed by atoms with Crippen molar-refractivity contribution in [3.63, 3.8) is 0 Å². The number of hydrogen-bond donors (Lipinski definition) is 5. The van der Waals surface area contributed by atoms with Crippen LogP contribution in [-0.4, -0.2) is 69.7 Å². The van der Waals surface area contributed by atoms with Crippen molar-refractivity contribution in [1.82, 2.24) is 0 Å². The van der Waals surface area contributed by atoms with Crippen LogP contribution in [0.5, 0.6) is 0 Å². The Morgan fingerprint density at radius 1 is 1.24 bits per heavy atom. The number of ether oxygens (including phenoxy) is 1. The minimum Gasteiger partial charge on any atom is -0.394 e. The number of rotatable bonds is 4. The van der Waals surface area contributed by atoms with E-state index in [0.29, 0.717) is 28.7 Å². The minimum absolute atomic E-state index is 0.143. The second-order valence-electron chi connectivity index (χ2n) is 6.13. The lowest BCUT2D eigenvalue weighted by molar-refractivity contribution is -0.245. The van der Waals surface area contributed by atoms with Crippen molar-refractivity contribution in [2.45, 2.75) is 37.1 Å². The Balaban J connectivity index is 1.82. The summed E-state index contributed by atoms with van der Waals surface area (Å²) in [5.74, 6) is -0.186. The molecule has 3 unspecified atom stereocenters. The summed E-state index contributed by atoms with van der Waals surface area (Å²) in [6.07, 6.45) is -3.20. The Morgan fingerprint density at radius 3 is 2.68 bits per heavy atom. The number of benzene rings is 1. The lowest BCUT2D eigenvalue weighted by atomic mass is 9.90. The molecule has 0 spiro atoms. The van der Waals surface area contributed by atoms with Crippen LogP contribution in [0, 0.1) is 0 Å². The quantitative estimate of drug-likeness (QED) is 0.419. The highest BCUT2D eigenvalue weighted by atomic mass is 16.6. The molecule has 0 aromatic heterocycles. The van der Waals surface area contributed by atoms with Gasteiger partial charge in [-0.2, -0.15) is 0 Å². The average molecular weight is 349 g/mol. The number of allylic oxidation sites excluding steroid dienone is 2. The second-order valence-corrected chi connectivity index (χ2v) is 6.13. The predicted molar refractivity (Wildman–Crippen MR) is 86.6 cm³/mol. The molecule has 0 amide bonds. The maximum absolute atomic E-state index is 11.7. The van der Waals surface area contributed by atoms with Gasteiger partial charge in [-0.05, 0) is 29.3 Å². The van der Waals surface area contributed by atoms with Gasteiger partial charge >= 0.3 is 0 Å². The summed E-state index contributed by atoms with van der Waals surface area (Å²) in [7, 11) is 0. The topological polar surface area (TPSA) is 136 Å². The van der Waals surface area contributed by atoms with Crippen LogP contribution in [0.1, 0.15) is 11.1 Å². The molecule has 0 bridgehead atoms. The van der Waals surface area contributed by atoms with Crippen molar-refractivity contribution in [2.75, 3.05) is 11.9 Å². The van der Waals surface area contributed by atoms with Crippen LogP contribution in [-0.2, 0) is 20.7 Å². The molecule has 0 saturated carbocycles. The van der Waals surface area contributed by atoms with E-state index in [1.165, 1.54) is 6.08 Å². The molecule has 5 N–H and O–H groups in total. The zero-order chi connectivity index (χ0) is 18.1. The molecule has 1 aromatic carbocycles. The highest BCUT2D eigenvalue weighted by molar-refractivity contribution is 6.17. The zero-order valence-corrected chi connectivity index (χ0v) is 13.2. The number of carbonyl (C=O) groups excluding carboxylic acids is 2. The van der Waals surface area contributed by atoms with Crippen molar-refractivity contribution >= 4 is 23.3 Å². The summed E-state index contributed by atoms with van der Waals surface area (Å²) in [6.45, 7) is -0.538. The van der Waals surface area contributed by atoms with E-state index in [9.17, 15) is 24.9 Å². The van der Waals surface area contributed by atoms with Gasteiger partial charge in [0.15, 0.2) is 18.4 Å². The van der Waals surface area contributed by atoms with Gasteiger partial charge in [-0.15, -0.1) is 0 Å². The number of fused-ring (bicyclic) bond motifs is 1. The maximum atomic E-state index is 11.7. The number of anilines is 1. The molecule has 1 heterocycles. The van der Waals surface area contributed by atoms with Crippen LogP contribution < -0.4 is 5.32 Å². The van der Waals surface area contributed by atoms with Crippen molar-refractivity contribution in [1.29, 1.82) is 0 Å². The molecule has 8 nitrogen and oxygen atoms in total. The standard InChI is InChI=1S/C17H19NO7/c19-6-9-5-11(21)4-8-3-10(1-2-12(8)9)18-14-16(23)15(22)13(7-20)25-17(14)24/h1-3,5-6,13-18,20,22-24H,4,7H2/t13?,14?,15-,16-,17?/m1/s1. The molecule has 1 fully saturated rings. The summed E-state index contributed by atoms with van der Waals surface area (Å²) >= 11 is 0. The van der Waals surface area contributed by atoms with Gasteiger partial charge in [0.25, 0.3) is 0 Å². The molecule has 5 atom stereocenters. The molecule has 0 radical (unpaired) electrons. The zero-order valence-electron chi connectivity index (χ0n) is 13.2. The van der Waals surface area contributed by atoms with Crippen molar-refractivity contribution in [3.8, 4) is 0 Å². The molecule has 1 aliphatic heterocycles. The molecule has 1 aliphatic carbocycles. The smallest absolute Gasteiger partial charge is 0.178 e. The minimum atomic E-state index is -1.45. The SMILES string of the molecule is O=CC1=CC(=O)Cc2cc(NC3C(O)OC(CO)[C@@H](O)[C@@H]3O)ccc21. The van der Waals surface area contributed by atoms with Crippen LogP contribution in [0.25, 0.3) is 5.57 Å². The second kappa shape index (κ2) is 7.03. The third-order valence-corrected chi connectivity index (χ3v) is 4.46. The summed E-state index contributed by atoms with van der Waals surface area (Å²) in [6, 6.07) is 3.92. The van der Waals surface area contributed by atoms with Crippen LogP contribution in [0.2, 0.25) is 0 Å². The Bertz CT molecular complexity index is 717. The van der Waals surface area contributed by atoms with E-state index in [1.54, 1.807) is 18.2 Å². The molecular weight excluding hydrogens is 330 g/mol. The Kier molecular flexibility index (Phi) is 4.98. The van der Waals surface area contributed by atoms with E-state index in [4.69, 9.17) is 9.84 Å². The number of ketones is 1. The first-order valence-electron chi connectivity index (χ1n) is 7.84. The van der Waals surface area contributed by atoms with E-state index in [-0.39, 0.29) is 12.2 Å². The normalized spacial score (nSPS) is 31.9. The highest BCUT2D eigenvalue weighted by Crippen LogP contribution is 2.28. The fourth-order valence-corrected chi connectivity index (χ4v) is 3.14. The molecule has 1 aromatic rings. The van der Waals surface area contributed by atoms with E-state index in [1.807, 2.05) is 0 Å². The Labute approximate surface area is 143 Å². The molecule has 134 valence electrons. The van der Waals surface area contributed by atoms with Gasteiger partial charge in [-0.25, -0.2) is 0 Å². The van der Waals surface area contributed by atoms with Crippen LogP contribution >= 0.6 is 0 Å². The maximum Gasteiger partial charge on any atom is 0.178 e. The Hall–Kier alpha value is -2.10. The van der Waals surface area contributed by atoms with Crippen molar-refractivity contribution in [2.24, 2.45) is 0 Å². The fraction of sp³-hybridized carbons (Fsp3) is 0.412. The Morgan fingerprint density at radius 2 is 2.00 bits per heavy atom. The fourth-order valence-electron chi connectivity index (χ4n) is 3.14. The first-order valence-corrected chi connectivity index (χ1v) is 7.84. The van der Waals surface area contributed by atoms with Crippen LogP contribution in [0.4, 0.5) is 5.69 Å². The van der Waals surface area contributed by atoms with Crippen molar-refractivity contribution in [3.05, 3.63) is 35.4 Å². The third kappa shape index (κ3) is 3.35. The summed E-state index contributed by atoms with van der Waals surface area (Å²) in [5.41, 5.74) is 2.09. The van der Waals surface area contributed by atoms with E-state index in [2.05, 4.69) is 5.32 Å². The van der Waals surface area contributed by atoms with E-state index in [0.717, 1.165) is 0 Å². The van der Waals surface area contributed by atoms with Crippen LogP contribution in [0.3, 0.4) is 0 Å². The van der Waals surface area contributed by atoms with E-state index >= 15 is 0 Å². The number of nitrogens with one attached hydrogen (secondary N) is 1. The summed E-state index contributed by atoms with van der Waals surface area (Å²) < 4.78 is 5.09. The molecule has 1 saturated heterocycles.